The number of aromatic nitrogens is 1. The third kappa shape index (κ3) is 4.80. The molecule has 5 nitrogen and oxygen atoms in total. The summed E-state index contributed by atoms with van der Waals surface area (Å²) < 4.78 is 9.99. The van der Waals surface area contributed by atoms with E-state index in [4.69, 9.17) is 16.3 Å². The van der Waals surface area contributed by atoms with Crippen molar-refractivity contribution in [1.82, 2.24) is 4.98 Å². The number of methoxy groups -OCH3 is 1. The fourth-order valence-electron chi connectivity index (χ4n) is 1.17. The molecule has 1 heterocycles. The highest BCUT2D eigenvalue weighted by molar-refractivity contribution is 7.18. The maximum Gasteiger partial charge on any atom is 0.351 e. The van der Waals surface area contributed by atoms with Crippen molar-refractivity contribution in [1.29, 1.82) is 0 Å². The molecule has 7 heteroatoms. The zero-order valence-electron chi connectivity index (χ0n) is 10.5. The summed E-state index contributed by atoms with van der Waals surface area (Å²) in [5.74, 6) is -0.468. The number of anilines is 1. The maximum atomic E-state index is 11.3. The van der Waals surface area contributed by atoms with E-state index >= 15 is 0 Å². The first-order valence-corrected chi connectivity index (χ1v) is 6.94. The molecule has 18 heavy (non-hydrogen) atoms. The van der Waals surface area contributed by atoms with Crippen LogP contribution in [0.5, 0.6) is 0 Å². The number of thiazole rings is 1. The monoisotopic (exact) mass is 292 g/mol. The largest absolute Gasteiger partial charge is 0.465 e. The Balaban J connectivity index is 2.33. The van der Waals surface area contributed by atoms with Gasteiger partial charge >= 0.3 is 5.97 Å². The highest BCUT2D eigenvalue weighted by Crippen LogP contribution is 2.27. The Morgan fingerprint density at radius 3 is 2.94 bits per heavy atom. The second-order valence-electron chi connectivity index (χ2n) is 3.52. The van der Waals surface area contributed by atoms with E-state index in [0.29, 0.717) is 23.2 Å². The van der Waals surface area contributed by atoms with Crippen LogP contribution in [0.3, 0.4) is 0 Å². The van der Waals surface area contributed by atoms with Gasteiger partial charge in [-0.3, -0.25) is 0 Å². The molecule has 0 atom stereocenters. The second-order valence-corrected chi connectivity index (χ2v) is 4.88. The molecule has 0 bridgehead atoms. The van der Waals surface area contributed by atoms with Crippen LogP contribution in [0.2, 0.25) is 5.15 Å². The summed E-state index contributed by atoms with van der Waals surface area (Å²) >= 11 is 7.00. The Bertz CT molecular complexity index is 384. The lowest BCUT2D eigenvalue weighted by atomic mass is 10.4. The lowest BCUT2D eigenvalue weighted by Crippen LogP contribution is -2.09. The normalized spacial score (nSPS) is 10.4. The molecule has 1 rings (SSSR count). The molecule has 0 unspecified atom stereocenters. The summed E-state index contributed by atoms with van der Waals surface area (Å²) in [4.78, 5) is 15.7. The molecule has 0 amide bonds. The number of carbonyl (C=O) groups is 1. The SMILES string of the molecule is CCCCOCCNc1nc(Cl)c(C(=O)OC)s1. The van der Waals surface area contributed by atoms with Crippen molar-refractivity contribution in [3.63, 3.8) is 0 Å². The van der Waals surface area contributed by atoms with Gasteiger partial charge in [0.15, 0.2) is 15.2 Å². The van der Waals surface area contributed by atoms with Crippen molar-refractivity contribution >= 4 is 34.0 Å². The van der Waals surface area contributed by atoms with Crippen LogP contribution in [0.25, 0.3) is 0 Å². The van der Waals surface area contributed by atoms with Crippen LogP contribution in [0.1, 0.15) is 29.4 Å². The molecular formula is C11H17ClN2O3S. The van der Waals surface area contributed by atoms with Crippen LogP contribution in [0.4, 0.5) is 5.13 Å². The number of rotatable bonds is 8. The van der Waals surface area contributed by atoms with Gasteiger partial charge < -0.3 is 14.8 Å². The highest BCUT2D eigenvalue weighted by atomic mass is 35.5. The van der Waals surface area contributed by atoms with Gasteiger partial charge in [-0.25, -0.2) is 9.78 Å². The van der Waals surface area contributed by atoms with Gasteiger partial charge in [-0.2, -0.15) is 0 Å². The highest BCUT2D eigenvalue weighted by Gasteiger charge is 2.16. The predicted molar refractivity (Wildman–Crippen MR) is 72.7 cm³/mol. The van der Waals surface area contributed by atoms with E-state index in [1.165, 1.54) is 18.4 Å². The van der Waals surface area contributed by atoms with Crippen LogP contribution < -0.4 is 5.32 Å². The van der Waals surface area contributed by atoms with Gasteiger partial charge in [0.1, 0.15) is 0 Å². The molecule has 0 aliphatic heterocycles. The van der Waals surface area contributed by atoms with E-state index in [1.807, 2.05) is 0 Å². The predicted octanol–water partition coefficient (Wildman–Crippen LogP) is 2.81. The van der Waals surface area contributed by atoms with Crippen LogP contribution in [0.15, 0.2) is 0 Å². The smallest absolute Gasteiger partial charge is 0.351 e. The molecule has 1 aromatic heterocycles. The van der Waals surface area contributed by atoms with Gasteiger partial charge in [-0.15, -0.1) is 0 Å². The number of nitrogens with one attached hydrogen (secondary N) is 1. The minimum absolute atomic E-state index is 0.168. The third-order valence-electron chi connectivity index (χ3n) is 2.12. The number of nitrogens with zero attached hydrogens (tertiary/aromatic N) is 1. The fraction of sp³-hybridized carbons (Fsp3) is 0.636. The fourth-order valence-corrected chi connectivity index (χ4v) is 2.30. The maximum absolute atomic E-state index is 11.3. The lowest BCUT2D eigenvalue weighted by Gasteiger charge is -2.03. The summed E-state index contributed by atoms with van der Waals surface area (Å²) in [7, 11) is 1.31. The molecule has 0 fully saturated rings. The number of hydrogen-bond acceptors (Lipinski definition) is 6. The van der Waals surface area contributed by atoms with E-state index in [1.54, 1.807) is 0 Å². The van der Waals surface area contributed by atoms with Crippen molar-refractivity contribution in [3.05, 3.63) is 10.0 Å². The van der Waals surface area contributed by atoms with Gasteiger partial charge in [-0.05, 0) is 6.42 Å². The summed E-state index contributed by atoms with van der Waals surface area (Å²) in [6.07, 6.45) is 2.19. The number of hydrogen-bond donors (Lipinski definition) is 1. The van der Waals surface area contributed by atoms with Gasteiger partial charge in [0.25, 0.3) is 0 Å². The number of halogens is 1. The van der Waals surface area contributed by atoms with Gasteiger partial charge in [0, 0.05) is 13.2 Å². The van der Waals surface area contributed by atoms with Crippen molar-refractivity contribution in [3.8, 4) is 0 Å². The van der Waals surface area contributed by atoms with E-state index in [9.17, 15) is 4.79 Å². The van der Waals surface area contributed by atoms with Crippen LogP contribution >= 0.6 is 22.9 Å². The first-order chi connectivity index (χ1) is 8.69. The minimum Gasteiger partial charge on any atom is -0.465 e. The summed E-state index contributed by atoms with van der Waals surface area (Å²) in [5.41, 5.74) is 0. The number of unbranched alkanes of at least 4 members (excludes halogenated alkanes) is 1. The zero-order chi connectivity index (χ0) is 13.4. The van der Waals surface area contributed by atoms with Gasteiger partial charge in [0.2, 0.25) is 0 Å². The number of ether oxygens (including phenoxy) is 2. The average Bonchev–Trinajstić information content (AvgIpc) is 2.74. The standard InChI is InChI=1S/C11H17ClN2O3S/c1-3-4-6-17-7-5-13-11-14-9(12)8(18-11)10(15)16-2/h3-7H2,1-2H3,(H,13,14). The zero-order valence-corrected chi connectivity index (χ0v) is 12.1. The van der Waals surface area contributed by atoms with E-state index in [-0.39, 0.29) is 5.15 Å². The first-order valence-electron chi connectivity index (χ1n) is 5.75. The Morgan fingerprint density at radius 2 is 2.28 bits per heavy atom. The van der Waals surface area contributed by atoms with Gasteiger partial charge in [-0.1, -0.05) is 36.3 Å². The molecule has 0 saturated heterocycles. The summed E-state index contributed by atoms with van der Waals surface area (Å²) in [6.45, 7) is 4.12. The van der Waals surface area contributed by atoms with Crippen molar-refractivity contribution in [2.45, 2.75) is 19.8 Å². The molecule has 102 valence electrons. The molecule has 0 spiro atoms. The minimum atomic E-state index is -0.468. The Labute approximate surface area is 115 Å². The van der Waals surface area contributed by atoms with E-state index in [0.717, 1.165) is 19.4 Å². The Morgan fingerprint density at radius 1 is 1.50 bits per heavy atom. The molecular weight excluding hydrogens is 276 g/mol. The summed E-state index contributed by atoms with van der Waals surface area (Å²) in [5, 5.41) is 3.82. The number of carbonyl (C=O) groups excluding carboxylic acids is 1. The molecule has 0 aliphatic carbocycles. The molecule has 1 aromatic rings. The third-order valence-corrected chi connectivity index (χ3v) is 3.50. The van der Waals surface area contributed by atoms with E-state index < -0.39 is 5.97 Å². The molecule has 0 radical (unpaired) electrons. The quantitative estimate of drug-likeness (QED) is 0.590. The van der Waals surface area contributed by atoms with Crippen molar-refractivity contribution in [2.75, 3.05) is 32.2 Å². The lowest BCUT2D eigenvalue weighted by molar-refractivity contribution is 0.0606. The average molecular weight is 293 g/mol. The van der Waals surface area contributed by atoms with Crippen molar-refractivity contribution in [2.24, 2.45) is 0 Å². The summed E-state index contributed by atoms with van der Waals surface area (Å²) in [6, 6.07) is 0. The number of esters is 1. The Kier molecular flexibility index (Phi) is 7.00. The molecule has 0 aromatic carbocycles. The molecule has 0 saturated carbocycles. The molecule has 1 N–H and O–H groups in total. The van der Waals surface area contributed by atoms with Crippen molar-refractivity contribution < 1.29 is 14.3 Å². The topological polar surface area (TPSA) is 60.5 Å². The van der Waals surface area contributed by atoms with Crippen LogP contribution in [-0.2, 0) is 9.47 Å². The van der Waals surface area contributed by atoms with Gasteiger partial charge in [0.05, 0.1) is 13.7 Å². The Hall–Kier alpha value is -0.850. The molecule has 0 aliphatic rings. The first kappa shape index (κ1) is 15.2. The van der Waals surface area contributed by atoms with E-state index in [2.05, 4.69) is 22.0 Å². The second kappa shape index (κ2) is 8.29. The van der Waals surface area contributed by atoms with Crippen LogP contribution in [-0.4, -0.2) is 37.8 Å². The van der Waals surface area contributed by atoms with Crippen LogP contribution in [0, 0.1) is 0 Å².